The summed E-state index contributed by atoms with van der Waals surface area (Å²) in [7, 11) is 3.02. The highest BCUT2D eigenvalue weighted by molar-refractivity contribution is 6.35. The van der Waals surface area contributed by atoms with Crippen LogP contribution in [0.1, 0.15) is 21.5 Å². The van der Waals surface area contributed by atoms with Crippen LogP contribution < -0.4 is 15.2 Å². The van der Waals surface area contributed by atoms with E-state index in [1.54, 1.807) is 30.3 Å². The van der Waals surface area contributed by atoms with E-state index in [1.807, 2.05) is 6.92 Å². The predicted molar refractivity (Wildman–Crippen MR) is 83.6 cm³/mol. The van der Waals surface area contributed by atoms with Gasteiger partial charge in [-0.25, -0.2) is 0 Å². The summed E-state index contributed by atoms with van der Waals surface area (Å²) in [6.45, 7) is 1.85. The number of nitrogen functional groups attached to an aromatic ring is 1. The first-order valence-electron chi connectivity index (χ1n) is 6.30. The molecule has 0 fully saturated rings. The molecule has 2 rings (SSSR count). The molecule has 2 aromatic carbocycles. The molecule has 0 aromatic heterocycles. The zero-order valence-electron chi connectivity index (χ0n) is 12.1. The summed E-state index contributed by atoms with van der Waals surface area (Å²) in [5, 5.41) is 0.305. The quantitative estimate of drug-likeness (QED) is 0.694. The molecule has 21 heavy (non-hydrogen) atoms. The van der Waals surface area contributed by atoms with E-state index in [9.17, 15) is 4.79 Å². The van der Waals surface area contributed by atoms with E-state index < -0.39 is 0 Å². The lowest BCUT2D eigenvalue weighted by molar-refractivity contribution is 0.103. The van der Waals surface area contributed by atoms with Crippen molar-refractivity contribution in [2.45, 2.75) is 6.92 Å². The van der Waals surface area contributed by atoms with E-state index in [0.29, 0.717) is 33.3 Å². The van der Waals surface area contributed by atoms with Crippen molar-refractivity contribution in [3.8, 4) is 11.5 Å². The van der Waals surface area contributed by atoms with E-state index in [0.717, 1.165) is 5.56 Å². The molecule has 0 heterocycles. The number of hydrogen-bond donors (Lipinski definition) is 1. The van der Waals surface area contributed by atoms with Crippen LogP contribution in [0.4, 0.5) is 5.69 Å². The predicted octanol–water partition coefficient (Wildman–Crippen LogP) is 3.48. The SMILES string of the molecule is COc1cc(Cl)c(C(=O)c2cc(N)ccc2C)cc1OC. The first kappa shape index (κ1) is 15.2. The normalized spacial score (nSPS) is 10.3. The van der Waals surface area contributed by atoms with Crippen LogP contribution in [0.3, 0.4) is 0 Å². The van der Waals surface area contributed by atoms with Gasteiger partial charge < -0.3 is 15.2 Å². The first-order valence-corrected chi connectivity index (χ1v) is 6.68. The monoisotopic (exact) mass is 305 g/mol. The van der Waals surface area contributed by atoms with E-state index in [1.165, 1.54) is 14.2 Å². The van der Waals surface area contributed by atoms with Crippen LogP contribution in [0.15, 0.2) is 30.3 Å². The molecule has 0 radical (unpaired) electrons. The zero-order chi connectivity index (χ0) is 15.6. The second-order valence-corrected chi connectivity index (χ2v) is 5.00. The maximum Gasteiger partial charge on any atom is 0.195 e. The smallest absolute Gasteiger partial charge is 0.195 e. The molecule has 0 aliphatic rings. The highest BCUT2D eigenvalue weighted by Crippen LogP contribution is 2.34. The van der Waals surface area contributed by atoms with Crippen molar-refractivity contribution in [2.24, 2.45) is 0 Å². The lowest BCUT2D eigenvalue weighted by Gasteiger charge is -2.12. The Kier molecular flexibility index (Phi) is 4.38. The topological polar surface area (TPSA) is 61.5 Å². The molecule has 0 aliphatic carbocycles. The Morgan fingerprint density at radius 3 is 2.29 bits per heavy atom. The molecule has 110 valence electrons. The maximum absolute atomic E-state index is 12.7. The van der Waals surface area contributed by atoms with Gasteiger partial charge in [-0.15, -0.1) is 0 Å². The highest BCUT2D eigenvalue weighted by Gasteiger charge is 2.19. The Balaban J connectivity index is 2.55. The van der Waals surface area contributed by atoms with Crippen molar-refractivity contribution in [2.75, 3.05) is 20.0 Å². The molecule has 2 aromatic rings. The molecule has 2 N–H and O–H groups in total. The number of ketones is 1. The number of methoxy groups -OCH3 is 2. The number of carbonyl (C=O) groups is 1. The van der Waals surface area contributed by atoms with Gasteiger partial charge in [-0.05, 0) is 30.7 Å². The maximum atomic E-state index is 12.7. The van der Waals surface area contributed by atoms with Gasteiger partial charge in [0.1, 0.15) is 0 Å². The average molecular weight is 306 g/mol. The lowest BCUT2D eigenvalue weighted by Crippen LogP contribution is -2.06. The minimum atomic E-state index is -0.203. The molecule has 5 heteroatoms. The summed E-state index contributed by atoms with van der Waals surface area (Å²) in [5.74, 6) is 0.723. The van der Waals surface area contributed by atoms with Crippen LogP contribution in [0.5, 0.6) is 11.5 Å². The second kappa shape index (κ2) is 6.06. The summed E-state index contributed by atoms with van der Waals surface area (Å²) in [5.41, 5.74) is 7.98. The largest absolute Gasteiger partial charge is 0.493 e. The average Bonchev–Trinajstić information content (AvgIpc) is 2.48. The number of ether oxygens (including phenoxy) is 2. The van der Waals surface area contributed by atoms with Gasteiger partial charge in [0.25, 0.3) is 0 Å². The van der Waals surface area contributed by atoms with Gasteiger partial charge in [-0.2, -0.15) is 0 Å². The Bertz CT molecular complexity index is 698. The van der Waals surface area contributed by atoms with Crippen LogP contribution in [0, 0.1) is 6.92 Å². The second-order valence-electron chi connectivity index (χ2n) is 4.59. The molecule has 4 nitrogen and oxygen atoms in total. The van der Waals surface area contributed by atoms with E-state index in [2.05, 4.69) is 0 Å². The molecule has 0 aliphatic heterocycles. The van der Waals surface area contributed by atoms with Gasteiger partial charge in [-0.1, -0.05) is 17.7 Å². The van der Waals surface area contributed by atoms with Crippen LogP contribution in [0.25, 0.3) is 0 Å². The summed E-state index contributed by atoms with van der Waals surface area (Å²) in [4.78, 5) is 12.7. The molecule has 0 atom stereocenters. The Morgan fingerprint density at radius 1 is 1.05 bits per heavy atom. The first-order chi connectivity index (χ1) is 9.97. The third-order valence-electron chi connectivity index (χ3n) is 3.22. The van der Waals surface area contributed by atoms with Crippen molar-refractivity contribution >= 4 is 23.1 Å². The molecule has 0 spiro atoms. The van der Waals surface area contributed by atoms with E-state index in [-0.39, 0.29) is 5.78 Å². The molecular formula is C16H16ClNO3. The number of nitrogens with two attached hydrogens (primary N) is 1. The highest BCUT2D eigenvalue weighted by atomic mass is 35.5. The van der Waals surface area contributed by atoms with Gasteiger partial charge in [0, 0.05) is 22.9 Å². The summed E-state index contributed by atoms with van der Waals surface area (Å²) >= 11 is 6.19. The summed E-state index contributed by atoms with van der Waals surface area (Å²) in [6.07, 6.45) is 0. The number of anilines is 1. The molecule has 0 unspecified atom stereocenters. The molecular weight excluding hydrogens is 290 g/mol. The number of aryl methyl sites for hydroxylation is 1. The van der Waals surface area contributed by atoms with E-state index in [4.69, 9.17) is 26.8 Å². The molecule has 0 bridgehead atoms. The Hall–Kier alpha value is -2.20. The van der Waals surface area contributed by atoms with Crippen molar-refractivity contribution in [1.82, 2.24) is 0 Å². The Labute approximate surface area is 128 Å². The standard InChI is InChI=1S/C16H16ClNO3/c1-9-4-5-10(18)6-11(9)16(19)12-7-14(20-2)15(21-3)8-13(12)17/h4-8H,18H2,1-3H3. The summed E-state index contributed by atoms with van der Waals surface area (Å²) in [6, 6.07) is 8.34. The van der Waals surface area contributed by atoms with Gasteiger partial charge >= 0.3 is 0 Å². The third kappa shape index (κ3) is 2.95. The lowest BCUT2D eigenvalue weighted by atomic mass is 9.98. The number of hydrogen-bond acceptors (Lipinski definition) is 4. The zero-order valence-corrected chi connectivity index (χ0v) is 12.8. The van der Waals surface area contributed by atoms with Gasteiger partial charge in [0.15, 0.2) is 17.3 Å². The van der Waals surface area contributed by atoms with Crippen molar-refractivity contribution in [1.29, 1.82) is 0 Å². The minimum Gasteiger partial charge on any atom is -0.493 e. The fourth-order valence-corrected chi connectivity index (χ4v) is 2.30. The molecule has 0 amide bonds. The van der Waals surface area contributed by atoms with Gasteiger partial charge in [-0.3, -0.25) is 4.79 Å². The van der Waals surface area contributed by atoms with Crippen LogP contribution in [-0.2, 0) is 0 Å². The fraction of sp³-hybridized carbons (Fsp3) is 0.188. The number of rotatable bonds is 4. The summed E-state index contributed by atoms with van der Waals surface area (Å²) < 4.78 is 10.4. The van der Waals surface area contributed by atoms with Crippen molar-refractivity contribution in [3.05, 3.63) is 52.0 Å². The van der Waals surface area contributed by atoms with E-state index >= 15 is 0 Å². The number of halogens is 1. The van der Waals surface area contributed by atoms with Crippen molar-refractivity contribution in [3.63, 3.8) is 0 Å². The van der Waals surface area contributed by atoms with Crippen molar-refractivity contribution < 1.29 is 14.3 Å². The molecule has 0 saturated heterocycles. The number of carbonyl (C=O) groups excluding carboxylic acids is 1. The van der Waals surface area contributed by atoms with Crippen LogP contribution in [0.2, 0.25) is 5.02 Å². The minimum absolute atomic E-state index is 0.203. The van der Waals surface area contributed by atoms with Gasteiger partial charge in [0.2, 0.25) is 0 Å². The molecule has 0 saturated carbocycles. The van der Waals surface area contributed by atoms with Gasteiger partial charge in [0.05, 0.1) is 19.2 Å². The third-order valence-corrected chi connectivity index (χ3v) is 3.54. The fourth-order valence-electron chi connectivity index (χ4n) is 2.06. The van der Waals surface area contributed by atoms with Crippen LogP contribution >= 0.6 is 11.6 Å². The number of benzene rings is 2. The van der Waals surface area contributed by atoms with Crippen LogP contribution in [-0.4, -0.2) is 20.0 Å². The Morgan fingerprint density at radius 2 is 1.67 bits per heavy atom.